The Morgan fingerprint density at radius 3 is 2.62 bits per heavy atom. The monoisotopic (exact) mass is 410 g/mol. The fourth-order valence-electron chi connectivity index (χ4n) is 2.68. The highest BCUT2D eigenvalue weighted by atomic mass is 35.5. The number of nitrogens with one attached hydrogen (secondary N) is 1. The van der Waals surface area contributed by atoms with E-state index in [9.17, 15) is 4.39 Å². The number of allylic oxidation sites excluding steroid dienone is 1. The lowest BCUT2D eigenvalue weighted by atomic mass is 10.1. The van der Waals surface area contributed by atoms with Gasteiger partial charge in [0.1, 0.15) is 16.7 Å². The SMILES string of the molecule is C=Cc1c(C=C(C)C)ccnc1Nc1ccc(Oc2ccnc(N)c2Cl)c(F)c1. The van der Waals surface area contributed by atoms with Gasteiger partial charge in [-0.3, -0.25) is 0 Å². The zero-order valence-electron chi connectivity index (χ0n) is 16.0. The van der Waals surface area contributed by atoms with E-state index in [1.165, 1.54) is 24.4 Å². The maximum atomic E-state index is 14.6. The smallest absolute Gasteiger partial charge is 0.167 e. The summed E-state index contributed by atoms with van der Waals surface area (Å²) in [5.74, 6) is 0.360. The molecule has 148 valence electrons. The molecular formula is C22H20ClFN4O. The van der Waals surface area contributed by atoms with Crippen LogP contribution >= 0.6 is 11.6 Å². The third-order valence-electron chi connectivity index (χ3n) is 3.97. The summed E-state index contributed by atoms with van der Waals surface area (Å²) in [6.45, 7) is 7.89. The van der Waals surface area contributed by atoms with Gasteiger partial charge in [-0.05, 0) is 37.6 Å². The lowest BCUT2D eigenvalue weighted by Gasteiger charge is -2.13. The van der Waals surface area contributed by atoms with E-state index in [0.29, 0.717) is 11.5 Å². The summed E-state index contributed by atoms with van der Waals surface area (Å²) in [5, 5.41) is 3.26. The molecule has 0 spiro atoms. The van der Waals surface area contributed by atoms with Gasteiger partial charge in [-0.15, -0.1) is 0 Å². The summed E-state index contributed by atoms with van der Waals surface area (Å²) >= 11 is 6.05. The molecule has 5 nitrogen and oxygen atoms in total. The zero-order valence-corrected chi connectivity index (χ0v) is 16.8. The van der Waals surface area contributed by atoms with Gasteiger partial charge in [0.15, 0.2) is 17.3 Å². The Balaban J connectivity index is 1.87. The minimum absolute atomic E-state index is 0.0123. The van der Waals surface area contributed by atoms with Crippen LogP contribution in [-0.4, -0.2) is 9.97 Å². The molecule has 3 rings (SSSR count). The molecule has 7 heteroatoms. The van der Waals surface area contributed by atoms with Crippen molar-refractivity contribution in [2.45, 2.75) is 13.8 Å². The Bertz CT molecular complexity index is 1090. The van der Waals surface area contributed by atoms with Crippen LogP contribution in [0.15, 0.2) is 54.9 Å². The Morgan fingerprint density at radius 2 is 1.93 bits per heavy atom. The van der Waals surface area contributed by atoms with Crippen LogP contribution in [0.25, 0.3) is 12.2 Å². The van der Waals surface area contributed by atoms with Gasteiger partial charge in [0.2, 0.25) is 0 Å². The topological polar surface area (TPSA) is 73.1 Å². The van der Waals surface area contributed by atoms with E-state index < -0.39 is 5.82 Å². The standard InChI is InChI=1S/C22H20ClFN4O/c1-4-16-14(11-13(2)3)7-9-27-22(16)28-15-5-6-18(17(24)12-15)29-19-8-10-26-21(25)20(19)23/h4-12H,1H2,2-3H3,(H2,25,26)(H,27,28). The van der Waals surface area contributed by atoms with Gasteiger partial charge in [0.05, 0.1) is 0 Å². The molecule has 0 aliphatic heterocycles. The van der Waals surface area contributed by atoms with E-state index in [1.54, 1.807) is 18.3 Å². The lowest BCUT2D eigenvalue weighted by Crippen LogP contribution is -1.99. The largest absolute Gasteiger partial charge is 0.453 e. The van der Waals surface area contributed by atoms with Gasteiger partial charge < -0.3 is 15.8 Å². The Labute approximate surface area is 173 Å². The van der Waals surface area contributed by atoms with E-state index in [4.69, 9.17) is 22.1 Å². The number of nitrogens with zero attached hydrogens (tertiary/aromatic N) is 2. The summed E-state index contributed by atoms with van der Waals surface area (Å²) in [5.41, 5.74) is 9.11. The molecule has 0 saturated carbocycles. The first kappa shape index (κ1) is 20.4. The van der Waals surface area contributed by atoms with Crippen LogP contribution in [0.4, 0.5) is 21.7 Å². The molecule has 0 atom stereocenters. The lowest BCUT2D eigenvalue weighted by molar-refractivity contribution is 0.442. The molecule has 29 heavy (non-hydrogen) atoms. The highest BCUT2D eigenvalue weighted by Crippen LogP contribution is 2.34. The van der Waals surface area contributed by atoms with Gasteiger partial charge in [-0.25, -0.2) is 14.4 Å². The molecular weight excluding hydrogens is 391 g/mol. The molecule has 0 saturated heterocycles. The third kappa shape index (κ3) is 4.73. The molecule has 0 radical (unpaired) electrons. The van der Waals surface area contributed by atoms with Crippen molar-refractivity contribution in [3.63, 3.8) is 0 Å². The molecule has 0 unspecified atom stereocenters. The minimum atomic E-state index is -0.568. The van der Waals surface area contributed by atoms with Crippen LogP contribution in [0, 0.1) is 5.82 Å². The number of ether oxygens (including phenoxy) is 1. The van der Waals surface area contributed by atoms with E-state index >= 15 is 0 Å². The van der Waals surface area contributed by atoms with Gasteiger partial charge in [0, 0.05) is 35.8 Å². The first-order valence-corrected chi connectivity index (χ1v) is 9.17. The van der Waals surface area contributed by atoms with Crippen LogP contribution < -0.4 is 15.8 Å². The van der Waals surface area contributed by atoms with Crippen LogP contribution in [0.1, 0.15) is 25.0 Å². The fourth-order valence-corrected chi connectivity index (χ4v) is 2.83. The molecule has 2 aromatic heterocycles. The minimum Gasteiger partial charge on any atom is -0.453 e. The molecule has 0 aliphatic carbocycles. The summed E-state index contributed by atoms with van der Waals surface area (Å²) in [6, 6.07) is 7.91. The number of aromatic nitrogens is 2. The second kappa shape index (κ2) is 8.75. The van der Waals surface area contributed by atoms with Gasteiger partial charge in [-0.1, -0.05) is 35.9 Å². The van der Waals surface area contributed by atoms with E-state index in [0.717, 1.165) is 16.7 Å². The number of nitrogens with two attached hydrogens (primary N) is 1. The first-order valence-electron chi connectivity index (χ1n) is 8.79. The second-order valence-electron chi connectivity index (χ2n) is 6.47. The predicted molar refractivity (Wildman–Crippen MR) is 117 cm³/mol. The number of benzene rings is 1. The van der Waals surface area contributed by atoms with Crippen LogP contribution in [0.3, 0.4) is 0 Å². The third-order valence-corrected chi connectivity index (χ3v) is 4.35. The summed E-state index contributed by atoms with van der Waals surface area (Å²) in [7, 11) is 0. The van der Waals surface area contributed by atoms with Gasteiger partial charge in [-0.2, -0.15) is 0 Å². The summed E-state index contributed by atoms with van der Waals surface area (Å²) < 4.78 is 20.1. The van der Waals surface area contributed by atoms with Crippen molar-refractivity contribution in [3.8, 4) is 11.5 Å². The van der Waals surface area contributed by atoms with Gasteiger partial charge in [0.25, 0.3) is 0 Å². The Morgan fingerprint density at radius 1 is 1.17 bits per heavy atom. The predicted octanol–water partition coefficient (Wildman–Crippen LogP) is 6.45. The highest BCUT2D eigenvalue weighted by Gasteiger charge is 2.12. The molecule has 1 aromatic carbocycles. The molecule has 0 bridgehead atoms. The maximum Gasteiger partial charge on any atom is 0.167 e. The number of hydrogen-bond acceptors (Lipinski definition) is 5. The normalized spacial score (nSPS) is 10.3. The molecule has 0 amide bonds. The molecule has 3 aromatic rings. The molecule has 3 N–H and O–H groups in total. The van der Waals surface area contributed by atoms with Gasteiger partial charge >= 0.3 is 0 Å². The number of halogens is 2. The number of nitrogen functional groups attached to an aromatic ring is 1. The van der Waals surface area contributed by atoms with Crippen LogP contribution in [-0.2, 0) is 0 Å². The van der Waals surface area contributed by atoms with E-state index in [2.05, 4.69) is 21.9 Å². The van der Waals surface area contributed by atoms with Crippen molar-refractivity contribution in [3.05, 3.63) is 76.8 Å². The highest BCUT2D eigenvalue weighted by molar-refractivity contribution is 6.34. The first-order chi connectivity index (χ1) is 13.9. The number of anilines is 3. The van der Waals surface area contributed by atoms with Crippen molar-refractivity contribution < 1.29 is 9.13 Å². The van der Waals surface area contributed by atoms with Crippen molar-refractivity contribution in [2.24, 2.45) is 0 Å². The van der Waals surface area contributed by atoms with Crippen molar-refractivity contribution >= 4 is 41.1 Å². The fraction of sp³-hybridized carbons (Fsp3) is 0.0909. The molecule has 0 fully saturated rings. The average Bonchev–Trinajstić information content (AvgIpc) is 2.67. The second-order valence-corrected chi connectivity index (χ2v) is 6.85. The quantitative estimate of drug-likeness (QED) is 0.488. The molecule has 0 aliphatic rings. The Hall–Kier alpha value is -3.38. The molecule has 2 heterocycles. The number of rotatable bonds is 6. The maximum absolute atomic E-state index is 14.6. The van der Waals surface area contributed by atoms with E-state index in [1.807, 2.05) is 26.0 Å². The summed E-state index contributed by atoms with van der Waals surface area (Å²) in [4.78, 5) is 8.20. The van der Waals surface area contributed by atoms with Crippen molar-refractivity contribution in [2.75, 3.05) is 11.1 Å². The summed E-state index contributed by atoms with van der Waals surface area (Å²) in [6.07, 6.45) is 6.87. The van der Waals surface area contributed by atoms with Crippen molar-refractivity contribution in [1.82, 2.24) is 9.97 Å². The Kier molecular flexibility index (Phi) is 6.14. The number of pyridine rings is 2. The zero-order chi connectivity index (χ0) is 21.0. The van der Waals surface area contributed by atoms with Crippen LogP contribution in [0.2, 0.25) is 5.02 Å². The average molecular weight is 411 g/mol. The van der Waals surface area contributed by atoms with Crippen molar-refractivity contribution in [1.29, 1.82) is 0 Å². The van der Waals surface area contributed by atoms with Crippen LogP contribution in [0.5, 0.6) is 11.5 Å². The number of hydrogen-bond donors (Lipinski definition) is 2. The van der Waals surface area contributed by atoms with E-state index in [-0.39, 0.29) is 22.3 Å².